The zero-order valence-corrected chi connectivity index (χ0v) is 12.8. The smallest absolute Gasteiger partial charge is 0.0782 e. The van der Waals surface area contributed by atoms with Gasteiger partial charge in [-0.3, -0.25) is 4.98 Å². The molecule has 0 spiro atoms. The van der Waals surface area contributed by atoms with Crippen LogP contribution in [0.2, 0.25) is 15.1 Å². The van der Waals surface area contributed by atoms with Gasteiger partial charge in [0, 0.05) is 6.20 Å². The monoisotopic (exact) mass is 314 g/mol. The minimum atomic E-state index is 0.00478. The van der Waals surface area contributed by atoms with Crippen LogP contribution < -0.4 is 5.32 Å². The third-order valence-corrected chi connectivity index (χ3v) is 4.25. The molecule has 0 aliphatic carbocycles. The van der Waals surface area contributed by atoms with Gasteiger partial charge < -0.3 is 5.32 Å². The summed E-state index contributed by atoms with van der Waals surface area (Å²) in [5.41, 5.74) is 2.99. The summed E-state index contributed by atoms with van der Waals surface area (Å²) in [6.07, 6.45) is 3.55. The Bertz CT molecular complexity index is 599. The maximum Gasteiger partial charge on any atom is 0.0782 e. The van der Waals surface area contributed by atoms with Gasteiger partial charge in [-0.1, -0.05) is 40.9 Å². The van der Waals surface area contributed by atoms with Crippen LogP contribution in [-0.2, 0) is 0 Å². The lowest BCUT2D eigenvalue weighted by molar-refractivity contribution is 0.881. The molecular weight excluding hydrogens is 303 g/mol. The summed E-state index contributed by atoms with van der Waals surface area (Å²) in [7, 11) is 0. The van der Waals surface area contributed by atoms with E-state index in [4.69, 9.17) is 34.8 Å². The maximum absolute atomic E-state index is 6.23. The van der Waals surface area contributed by atoms with Crippen molar-refractivity contribution in [2.45, 2.75) is 19.9 Å². The highest BCUT2D eigenvalue weighted by Gasteiger charge is 2.14. The lowest BCUT2D eigenvalue weighted by Crippen LogP contribution is -2.08. The molecule has 0 aliphatic rings. The van der Waals surface area contributed by atoms with E-state index in [-0.39, 0.29) is 6.04 Å². The van der Waals surface area contributed by atoms with Crippen LogP contribution in [0.4, 0.5) is 5.69 Å². The van der Waals surface area contributed by atoms with Gasteiger partial charge in [0.25, 0.3) is 0 Å². The van der Waals surface area contributed by atoms with Gasteiger partial charge in [0.2, 0.25) is 0 Å². The molecule has 0 radical (unpaired) electrons. The van der Waals surface area contributed by atoms with E-state index in [1.165, 1.54) is 0 Å². The average molecular weight is 316 g/mol. The van der Waals surface area contributed by atoms with Crippen LogP contribution >= 0.6 is 34.8 Å². The summed E-state index contributed by atoms with van der Waals surface area (Å²) in [4.78, 5) is 4.10. The van der Waals surface area contributed by atoms with Crippen molar-refractivity contribution in [3.8, 4) is 0 Å². The SMILES string of the molecule is Cc1ccncc1NC(C)c1ccc(Cl)c(Cl)c1Cl. The van der Waals surface area contributed by atoms with Crippen molar-refractivity contribution in [1.82, 2.24) is 4.98 Å². The fourth-order valence-electron chi connectivity index (χ4n) is 1.80. The molecule has 1 unspecified atom stereocenters. The first-order valence-corrected chi connectivity index (χ1v) is 6.94. The summed E-state index contributed by atoms with van der Waals surface area (Å²) in [6.45, 7) is 4.03. The summed E-state index contributed by atoms with van der Waals surface area (Å²) in [6, 6.07) is 5.58. The number of anilines is 1. The average Bonchev–Trinajstić information content (AvgIpc) is 2.39. The van der Waals surface area contributed by atoms with Crippen molar-refractivity contribution >= 4 is 40.5 Å². The van der Waals surface area contributed by atoms with Gasteiger partial charge in [-0.05, 0) is 37.1 Å². The van der Waals surface area contributed by atoms with Gasteiger partial charge >= 0.3 is 0 Å². The molecule has 2 nitrogen and oxygen atoms in total. The Labute approximate surface area is 127 Å². The van der Waals surface area contributed by atoms with Crippen molar-refractivity contribution in [2.24, 2.45) is 0 Å². The Balaban J connectivity index is 2.28. The summed E-state index contributed by atoms with van der Waals surface area (Å²) in [5, 5.41) is 4.69. The molecule has 1 atom stereocenters. The largest absolute Gasteiger partial charge is 0.377 e. The molecule has 2 rings (SSSR count). The van der Waals surface area contributed by atoms with Crippen molar-refractivity contribution in [3.63, 3.8) is 0 Å². The van der Waals surface area contributed by atoms with E-state index in [0.29, 0.717) is 15.1 Å². The predicted molar refractivity (Wildman–Crippen MR) is 82.5 cm³/mol. The van der Waals surface area contributed by atoms with Gasteiger partial charge in [0.05, 0.1) is 33.0 Å². The summed E-state index contributed by atoms with van der Waals surface area (Å²) < 4.78 is 0. The molecule has 0 saturated carbocycles. The Morgan fingerprint density at radius 2 is 1.84 bits per heavy atom. The molecule has 5 heteroatoms. The van der Waals surface area contributed by atoms with Crippen LogP contribution in [0.1, 0.15) is 24.1 Å². The number of nitrogens with one attached hydrogen (secondary N) is 1. The number of hydrogen-bond donors (Lipinski definition) is 1. The normalized spacial score (nSPS) is 12.3. The van der Waals surface area contributed by atoms with Gasteiger partial charge in [-0.2, -0.15) is 0 Å². The molecular formula is C14H13Cl3N2. The highest BCUT2D eigenvalue weighted by atomic mass is 35.5. The maximum atomic E-state index is 6.23. The van der Waals surface area contributed by atoms with Crippen LogP contribution in [0, 0.1) is 6.92 Å². The van der Waals surface area contributed by atoms with Gasteiger partial charge in [-0.25, -0.2) is 0 Å². The number of benzene rings is 1. The Morgan fingerprint density at radius 3 is 2.53 bits per heavy atom. The highest BCUT2D eigenvalue weighted by molar-refractivity contribution is 6.48. The van der Waals surface area contributed by atoms with Crippen LogP contribution in [0.5, 0.6) is 0 Å². The lowest BCUT2D eigenvalue weighted by Gasteiger charge is -2.19. The molecule has 0 bridgehead atoms. The Hall–Kier alpha value is -0.960. The molecule has 1 aromatic heterocycles. The Kier molecular flexibility index (Phi) is 4.56. The molecule has 1 heterocycles. The summed E-state index contributed by atoms with van der Waals surface area (Å²) in [5.74, 6) is 0. The standard InChI is InChI=1S/C14H13Cl3N2/c1-8-5-6-18-7-12(8)19-9(2)10-3-4-11(15)14(17)13(10)16/h3-7,9,19H,1-2H3. The molecule has 1 aromatic carbocycles. The van der Waals surface area contributed by atoms with Crippen molar-refractivity contribution < 1.29 is 0 Å². The zero-order valence-electron chi connectivity index (χ0n) is 10.5. The van der Waals surface area contributed by atoms with Crippen LogP contribution in [0.15, 0.2) is 30.6 Å². The molecule has 0 aliphatic heterocycles. The van der Waals surface area contributed by atoms with E-state index in [1.807, 2.05) is 26.0 Å². The third kappa shape index (κ3) is 3.14. The number of halogens is 3. The van der Waals surface area contributed by atoms with Gasteiger partial charge in [0.1, 0.15) is 0 Å². The van der Waals surface area contributed by atoms with Crippen LogP contribution in [-0.4, -0.2) is 4.98 Å². The molecule has 0 amide bonds. The Morgan fingerprint density at radius 1 is 1.11 bits per heavy atom. The van der Waals surface area contributed by atoms with Gasteiger partial charge in [-0.15, -0.1) is 0 Å². The lowest BCUT2D eigenvalue weighted by atomic mass is 10.1. The van der Waals surface area contributed by atoms with Crippen molar-refractivity contribution in [3.05, 3.63) is 56.8 Å². The van der Waals surface area contributed by atoms with E-state index in [9.17, 15) is 0 Å². The summed E-state index contributed by atoms with van der Waals surface area (Å²) >= 11 is 18.2. The first-order chi connectivity index (χ1) is 9.00. The number of pyridine rings is 1. The number of hydrogen-bond acceptors (Lipinski definition) is 2. The molecule has 1 N–H and O–H groups in total. The molecule has 19 heavy (non-hydrogen) atoms. The van der Waals surface area contributed by atoms with E-state index in [0.717, 1.165) is 16.8 Å². The molecule has 2 aromatic rings. The minimum absolute atomic E-state index is 0.00478. The number of rotatable bonds is 3. The predicted octanol–water partition coefficient (Wildman–Crippen LogP) is 5.52. The minimum Gasteiger partial charge on any atom is -0.377 e. The van der Waals surface area contributed by atoms with Crippen molar-refractivity contribution in [1.29, 1.82) is 0 Å². The topological polar surface area (TPSA) is 24.9 Å². The van der Waals surface area contributed by atoms with Crippen molar-refractivity contribution in [2.75, 3.05) is 5.32 Å². The number of nitrogens with zero attached hydrogens (tertiary/aromatic N) is 1. The van der Waals surface area contributed by atoms with E-state index in [1.54, 1.807) is 18.5 Å². The highest BCUT2D eigenvalue weighted by Crippen LogP contribution is 2.36. The first kappa shape index (κ1) is 14.4. The quantitative estimate of drug-likeness (QED) is 0.754. The van der Waals surface area contributed by atoms with Gasteiger partial charge in [0.15, 0.2) is 0 Å². The second-order valence-corrected chi connectivity index (χ2v) is 5.48. The molecule has 0 saturated heterocycles. The fraction of sp³-hybridized carbons (Fsp3) is 0.214. The van der Waals surface area contributed by atoms with E-state index >= 15 is 0 Å². The molecule has 100 valence electrons. The number of aromatic nitrogens is 1. The van der Waals surface area contributed by atoms with E-state index < -0.39 is 0 Å². The van der Waals surface area contributed by atoms with Crippen LogP contribution in [0.25, 0.3) is 0 Å². The second-order valence-electron chi connectivity index (χ2n) is 4.32. The second kappa shape index (κ2) is 6.00. The first-order valence-electron chi connectivity index (χ1n) is 5.81. The molecule has 0 fully saturated rings. The fourth-order valence-corrected chi connectivity index (χ4v) is 2.51. The number of aryl methyl sites for hydroxylation is 1. The van der Waals surface area contributed by atoms with Crippen LogP contribution in [0.3, 0.4) is 0 Å². The third-order valence-electron chi connectivity index (χ3n) is 2.94. The van der Waals surface area contributed by atoms with E-state index in [2.05, 4.69) is 10.3 Å². The zero-order chi connectivity index (χ0) is 14.0.